The molecule has 1 saturated heterocycles. The van der Waals surface area contributed by atoms with Gasteiger partial charge in [-0.05, 0) is 47.0 Å². The molecule has 1 aliphatic heterocycles. The normalized spacial score (nSPS) is 15.6. The molecule has 1 aromatic rings. The van der Waals surface area contributed by atoms with E-state index in [9.17, 15) is 14.4 Å². The summed E-state index contributed by atoms with van der Waals surface area (Å²) in [6.45, 7) is 17.8. The summed E-state index contributed by atoms with van der Waals surface area (Å²) in [5.74, 6) is -0.475. The van der Waals surface area contributed by atoms with Crippen molar-refractivity contribution in [2.45, 2.75) is 72.5 Å². The molecule has 32 heavy (non-hydrogen) atoms. The molecule has 1 fully saturated rings. The van der Waals surface area contributed by atoms with Crippen LogP contribution in [-0.2, 0) is 11.3 Å². The van der Waals surface area contributed by atoms with E-state index in [-0.39, 0.29) is 16.7 Å². The Hall–Kier alpha value is -2.19. The minimum atomic E-state index is -0.547. The molecule has 2 heterocycles. The Kier molecular flexibility index (Phi) is 8.65. The number of carbonyl (C=O) groups excluding carboxylic acids is 2. The molecule has 1 aromatic heterocycles. The Morgan fingerprint density at radius 2 is 1.59 bits per heavy atom. The molecule has 0 bridgehead atoms. The van der Waals surface area contributed by atoms with Crippen molar-refractivity contribution in [2.75, 3.05) is 32.8 Å². The molecule has 0 radical (unpaired) electrons. The van der Waals surface area contributed by atoms with Crippen molar-refractivity contribution in [3.05, 3.63) is 33.7 Å². The van der Waals surface area contributed by atoms with Crippen LogP contribution in [0.1, 0.15) is 75.6 Å². The molecule has 0 aliphatic carbocycles. The molecule has 0 aromatic carbocycles. The van der Waals surface area contributed by atoms with Crippen molar-refractivity contribution in [1.29, 1.82) is 0 Å². The number of aryl methyl sites for hydroxylation is 1. The molecule has 0 spiro atoms. The third-order valence-electron chi connectivity index (χ3n) is 5.57. The van der Waals surface area contributed by atoms with Gasteiger partial charge in [0.15, 0.2) is 0 Å². The Bertz CT molecular complexity index is 862. The van der Waals surface area contributed by atoms with E-state index in [1.165, 1.54) is 0 Å². The van der Waals surface area contributed by atoms with Gasteiger partial charge < -0.3 is 19.9 Å². The van der Waals surface area contributed by atoms with Gasteiger partial charge in [0.2, 0.25) is 5.43 Å². The Morgan fingerprint density at radius 1 is 1.03 bits per heavy atom. The maximum absolute atomic E-state index is 13.1. The van der Waals surface area contributed by atoms with Gasteiger partial charge in [-0.3, -0.25) is 19.3 Å². The van der Waals surface area contributed by atoms with E-state index in [2.05, 4.69) is 43.2 Å². The Morgan fingerprint density at radius 3 is 2.12 bits per heavy atom. The number of nitrogens with zero attached hydrogens (tertiary/aromatic N) is 2. The predicted octanol–water partition coefficient (Wildman–Crippen LogP) is 2.26. The van der Waals surface area contributed by atoms with Crippen LogP contribution in [0.2, 0.25) is 0 Å². The van der Waals surface area contributed by atoms with Crippen molar-refractivity contribution < 1.29 is 14.3 Å². The van der Waals surface area contributed by atoms with E-state index in [4.69, 9.17) is 4.74 Å². The molecule has 1 aliphatic rings. The van der Waals surface area contributed by atoms with Crippen LogP contribution in [0.5, 0.6) is 0 Å². The summed E-state index contributed by atoms with van der Waals surface area (Å²) in [4.78, 5) is 41.2. The molecule has 180 valence electrons. The number of pyridine rings is 1. The van der Waals surface area contributed by atoms with E-state index in [1.807, 2.05) is 20.8 Å². The highest BCUT2D eigenvalue weighted by atomic mass is 16.5. The lowest BCUT2D eigenvalue weighted by atomic mass is 10.0. The molecule has 0 saturated carbocycles. The second-order valence-corrected chi connectivity index (χ2v) is 10.6. The van der Waals surface area contributed by atoms with Crippen LogP contribution in [0.15, 0.2) is 17.2 Å². The fraction of sp³-hybridized carbons (Fsp3) is 0.708. The molecule has 2 N–H and O–H groups in total. The van der Waals surface area contributed by atoms with Crippen LogP contribution in [0.25, 0.3) is 0 Å². The number of carbonyl (C=O) groups is 2. The highest BCUT2D eigenvalue weighted by molar-refractivity contribution is 5.99. The minimum absolute atomic E-state index is 0.00640. The summed E-state index contributed by atoms with van der Waals surface area (Å²) < 4.78 is 7.20. The van der Waals surface area contributed by atoms with Gasteiger partial charge in [0.05, 0.1) is 13.2 Å². The first-order valence-electron chi connectivity index (χ1n) is 11.5. The molecular weight excluding hydrogens is 408 g/mol. The molecule has 2 rings (SSSR count). The maximum Gasteiger partial charge on any atom is 0.257 e. The summed E-state index contributed by atoms with van der Waals surface area (Å²) in [6.07, 6.45) is 3.99. The van der Waals surface area contributed by atoms with Crippen molar-refractivity contribution in [3.8, 4) is 0 Å². The topological polar surface area (TPSA) is 92.7 Å². The highest BCUT2D eigenvalue weighted by Gasteiger charge is 2.29. The number of nitrogens with one attached hydrogen (secondary N) is 2. The number of hydrogen-bond donors (Lipinski definition) is 2. The van der Waals surface area contributed by atoms with Crippen LogP contribution < -0.4 is 16.1 Å². The first-order valence-corrected chi connectivity index (χ1v) is 11.5. The number of morpholine rings is 1. The third kappa shape index (κ3) is 7.45. The largest absolute Gasteiger partial charge is 0.379 e. The van der Waals surface area contributed by atoms with Crippen LogP contribution in [0, 0.1) is 5.92 Å². The van der Waals surface area contributed by atoms with Gasteiger partial charge in [-0.25, -0.2) is 0 Å². The summed E-state index contributed by atoms with van der Waals surface area (Å²) in [5.41, 5.74) is -1.34. The summed E-state index contributed by atoms with van der Waals surface area (Å²) in [5, 5.41) is 5.75. The zero-order valence-electron chi connectivity index (χ0n) is 20.7. The van der Waals surface area contributed by atoms with Crippen molar-refractivity contribution in [2.24, 2.45) is 5.92 Å². The molecule has 0 unspecified atom stereocenters. The van der Waals surface area contributed by atoms with Crippen LogP contribution in [-0.4, -0.2) is 65.2 Å². The number of rotatable bonds is 8. The van der Waals surface area contributed by atoms with Crippen LogP contribution in [0.3, 0.4) is 0 Å². The van der Waals surface area contributed by atoms with E-state index < -0.39 is 22.8 Å². The van der Waals surface area contributed by atoms with E-state index in [1.54, 1.807) is 17.0 Å². The number of ether oxygens (including phenoxy) is 1. The highest BCUT2D eigenvalue weighted by Crippen LogP contribution is 2.15. The van der Waals surface area contributed by atoms with Gasteiger partial charge in [0.25, 0.3) is 11.8 Å². The van der Waals surface area contributed by atoms with Gasteiger partial charge in [-0.1, -0.05) is 13.8 Å². The second-order valence-electron chi connectivity index (χ2n) is 10.6. The van der Waals surface area contributed by atoms with Crippen LogP contribution >= 0.6 is 0 Å². The zero-order chi connectivity index (χ0) is 24.1. The smallest absolute Gasteiger partial charge is 0.257 e. The van der Waals surface area contributed by atoms with E-state index >= 15 is 0 Å². The van der Waals surface area contributed by atoms with E-state index in [0.717, 1.165) is 19.5 Å². The average Bonchev–Trinajstić information content (AvgIpc) is 2.70. The number of hydrogen-bond acceptors (Lipinski definition) is 5. The fourth-order valence-electron chi connectivity index (χ4n) is 3.57. The van der Waals surface area contributed by atoms with Crippen molar-refractivity contribution in [3.63, 3.8) is 0 Å². The Balaban J connectivity index is 2.28. The molecule has 8 heteroatoms. The number of amides is 2. The first kappa shape index (κ1) is 26.1. The molecule has 8 nitrogen and oxygen atoms in total. The quantitative estimate of drug-likeness (QED) is 0.636. The molecule has 0 atom stereocenters. The van der Waals surface area contributed by atoms with E-state index in [0.29, 0.717) is 32.2 Å². The lowest BCUT2D eigenvalue weighted by Crippen LogP contribution is -2.55. The van der Waals surface area contributed by atoms with Gasteiger partial charge >= 0.3 is 0 Å². The predicted molar refractivity (Wildman–Crippen MR) is 126 cm³/mol. The monoisotopic (exact) mass is 448 g/mol. The molecule has 2 amide bonds. The van der Waals surface area contributed by atoms with Crippen LogP contribution in [0.4, 0.5) is 0 Å². The van der Waals surface area contributed by atoms with Gasteiger partial charge in [-0.15, -0.1) is 0 Å². The first-order chi connectivity index (χ1) is 14.8. The lowest BCUT2D eigenvalue weighted by molar-refractivity contribution is -0.00923. The van der Waals surface area contributed by atoms with Gasteiger partial charge in [0, 0.05) is 49.7 Å². The third-order valence-corrected chi connectivity index (χ3v) is 5.57. The average molecular weight is 449 g/mol. The zero-order valence-corrected chi connectivity index (χ0v) is 20.7. The summed E-state index contributed by atoms with van der Waals surface area (Å²) in [7, 11) is 0. The van der Waals surface area contributed by atoms with Crippen molar-refractivity contribution in [1.82, 2.24) is 20.1 Å². The fourth-order valence-corrected chi connectivity index (χ4v) is 3.57. The lowest BCUT2D eigenvalue weighted by Gasteiger charge is -2.40. The van der Waals surface area contributed by atoms with Crippen molar-refractivity contribution >= 4 is 11.8 Å². The second kappa shape index (κ2) is 10.6. The van der Waals surface area contributed by atoms with Gasteiger partial charge in [-0.2, -0.15) is 0 Å². The summed E-state index contributed by atoms with van der Waals surface area (Å²) >= 11 is 0. The summed E-state index contributed by atoms with van der Waals surface area (Å²) in [6, 6.07) is 0. The SMILES string of the molecule is CC(C)CCn1cc(C(=O)NCC(C)(C)N2CCOCC2)c(=O)c(C(=O)NC(C)(C)C)c1. The minimum Gasteiger partial charge on any atom is -0.379 e. The number of aromatic nitrogens is 1. The standard InChI is InChI=1S/C24H40N4O4/c1-17(2)8-9-27-14-18(20(29)19(15-27)22(31)26-23(3,4)5)21(30)25-16-24(6,7)28-10-12-32-13-11-28/h14-15,17H,8-13,16H2,1-7H3,(H,25,30)(H,26,31). The molecular formula is C24H40N4O4. The van der Waals surface area contributed by atoms with Gasteiger partial charge in [0.1, 0.15) is 11.1 Å². The maximum atomic E-state index is 13.1. The Labute approximate surface area is 191 Å².